The summed E-state index contributed by atoms with van der Waals surface area (Å²) in [6, 6.07) is 0. The Kier molecular flexibility index (Phi) is 5.62. The van der Waals surface area contributed by atoms with Gasteiger partial charge in [-0.2, -0.15) is 0 Å². The van der Waals surface area contributed by atoms with Crippen molar-refractivity contribution in [2.75, 3.05) is 13.2 Å². The molecule has 1 aliphatic rings. The van der Waals surface area contributed by atoms with Gasteiger partial charge in [0, 0.05) is 6.54 Å². The van der Waals surface area contributed by atoms with E-state index >= 15 is 0 Å². The molecule has 1 heterocycles. The Bertz CT molecular complexity index is 354. The fourth-order valence-electron chi connectivity index (χ4n) is 1.64. The third-order valence-corrected chi connectivity index (χ3v) is 3.58. The van der Waals surface area contributed by atoms with Crippen LogP contribution < -0.4 is 5.32 Å². The molecule has 0 unspecified atom stereocenters. The predicted octanol–water partition coefficient (Wildman–Crippen LogP) is 1.85. The number of amides is 1. The van der Waals surface area contributed by atoms with Crippen LogP contribution in [-0.2, 0) is 14.0 Å². The third-order valence-electron chi connectivity index (χ3n) is 3.58. The second-order valence-electron chi connectivity index (χ2n) is 5.88. The average Bonchev–Trinajstić information content (AvgIpc) is 2.50. The van der Waals surface area contributed by atoms with Gasteiger partial charge in [0.05, 0.1) is 23.9 Å². The molecule has 7 heteroatoms. The molecule has 1 atom stereocenters. The second-order valence-corrected chi connectivity index (χ2v) is 5.88. The van der Waals surface area contributed by atoms with E-state index in [-0.39, 0.29) is 31.0 Å². The van der Waals surface area contributed by atoms with Gasteiger partial charge >= 0.3 is 13.2 Å². The first kappa shape index (κ1) is 17.0. The summed E-state index contributed by atoms with van der Waals surface area (Å²) in [5.74, 6) is 1.81. The lowest BCUT2D eigenvalue weighted by Crippen LogP contribution is -2.41. The topological polar surface area (TPSA) is 77.0 Å². The molecule has 0 aromatic rings. The van der Waals surface area contributed by atoms with E-state index in [2.05, 4.69) is 5.32 Å². The van der Waals surface area contributed by atoms with E-state index in [4.69, 9.17) is 19.2 Å². The van der Waals surface area contributed by atoms with E-state index in [1.807, 2.05) is 39.7 Å². The number of hydrogen-bond acceptors (Lipinski definition) is 4. The number of ether oxygens (including phenoxy) is 1. The fourth-order valence-corrected chi connectivity index (χ4v) is 1.64. The van der Waals surface area contributed by atoms with Crippen LogP contribution in [0.2, 0.25) is 0 Å². The molecule has 6 nitrogen and oxygen atoms in total. The number of carboxylic acid groups (broad SMARTS) is 1. The largest absolute Gasteiger partial charge is 0.486 e. The van der Waals surface area contributed by atoms with Gasteiger partial charge in [-0.05, 0) is 34.6 Å². The first-order valence-corrected chi connectivity index (χ1v) is 6.75. The quantitative estimate of drug-likeness (QED) is 0.728. The van der Waals surface area contributed by atoms with Gasteiger partial charge in [-0.15, -0.1) is 0 Å². The van der Waals surface area contributed by atoms with Gasteiger partial charge in [-0.25, -0.2) is 4.79 Å². The molecule has 1 fully saturated rings. The van der Waals surface area contributed by atoms with Crippen molar-refractivity contribution in [2.24, 2.45) is 0 Å². The molecule has 114 valence electrons. The molecule has 1 saturated heterocycles. The standard InChI is InChI=1S/C13H24BNO5/c1-10(9-15-11(16)17)18-8-6-7-14-19-12(2,3)13(4,5)20-14/h6-7,10,15H,8-9H2,1-5H3,(H,16,17)/b7-6+/t10-/m1/s1. The van der Waals surface area contributed by atoms with E-state index < -0.39 is 6.09 Å². The van der Waals surface area contributed by atoms with Crippen LogP contribution in [0.3, 0.4) is 0 Å². The highest BCUT2D eigenvalue weighted by atomic mass is 16.7. The maximum absolute atomic E-state index is 10.3. The molecule has 0 bridgehead atoms. The predicted molar refractivity (Wildman–Crippen MR) is 76.7 cm³/mol. The number of carbonyl (C=O) groups is 1. The highest BCUT2D eigenvalue weighted by Gasteiger charge is 2.49. The summed E-state index contributed by atoms with van der Waals surface area (Å²) in [4.78, 5) is 10.3. The maximum atomic E-state index is 10.3. The Morgan fingerprint density at radius 2 is 1.90 bits per heavy atom. The fraction of sp³-hybridized carbons (Fsp3) is 0.769. The van der Waals surface area contributed by atoms with E-state index in [9.17, 15) is 4.79 Å². The molecular formula is C13H24BNO5. The van der Waals surface area contributed by atoms with Crippen LogP contribution in [0.1, 0.15) is 34.6 Å². The van der Waals surface area contributed by atoms with Crippen LogP contribution in [0.25, 0.3) is 0 Å². The summed E-state index contributed by atoms with van der Waals surface area (Å²) >= 11 is 0. The minimum Gasteiger partial charge on any atom is -0.465 e. The molecule has 20 heavy (non-hydrogen) atoms. The lowest BCUT2D eigenvalue weighted by Gasteiger charge is -2.32. The van der Waals surface area contributed by atoms with Gasteiger partial charge in [0.25, 0.3) is 0 Å². The minimum atomic E-state index is -1.05. The van der Waals surface area contributed by atoms with Crippen LogP contribution in [0.4, 0.5) is 4.79 Å². The summed E-state index contributed by atoms with van der Waals surface area (Å²) < 4.78 is 17.0. The molecule has 0 aromatic carbocycles. The molecule has 1 amide bonds. The van der Waals surface area contributed by atoms with Gasteiger partial charge < -0.3 is 24.5 Å². The Balaban J connectivity index is 2.28. The van der Waals surface area contributed by atoms with Gasteiger partial charge in [0.1, 0.15) is 0 Å². The lowest BCUT2D eigenvalue weighted by molar-refractivity contribution is 0.00578. The molecule has 2 N–H and O–H groups in total. The van der Waals surface area contributed by atoms with Crippen molar-refractivity contribution in [3.8, 4) is 0 Å². The van der Waals surface area contributed by atoms with Crippen molar-refractivity contribution >= 4 is 13.2 Å². The molecule has 0 aliphatic carbocycles. The monoisotopic (exact) mass is 285 g/mol. The van der Waals surface area contributed by atoms with Gasteiger partial charge in [0.2, 0.25) is 0 Å². The van der Waals surface area contributed by atoms with Crippen LogP contribution in [0, 0.1) is 0 Å². The molecular weight excluding hydrogens is 261 g/mol. The van der Waals surface area contributed by atoms with Crippen molar-refractivity contribution < 1.29 is 23.9 Å². The average molecular weight is 285 g/mol. The zero-order chi connectivity index (χ0) is 15.4. The highest BCUT2D eigenvalue weighted by molar-refractivity contribution is 6.51. The Hall–Kier alpha value is -1.05. The molecule has 0 saturated carbocycles. The smallest absolute Gasteiger partial charge is 0.465 e. The summed E-state index contributed by atoms with van der Waals surface area (Å²) in [6.45, 7) is 10.4. The summed E-state index contributed by atoms with van der Waals surface area (Å²) in [5.41, 5.74) is -0.691. The van der Waals surface area contributed by atoms with Gasteiger partial charge in [-0.3, -0.25) is 0 Å². The lowest BCUT2D eigenvalue weighted by atomic mass is 9.90. The SMILES string of the molecule is C[C@H](CNC(=O)O)OC/C=C/B1OC(C)(C)C(C)(C)O1. The first-order valence-electron chi connectivity index (χ1n) is 6.75. The van der Waals surface area contributed by atoms with Crippen LogP contribution in [0.15, 0.2) is 12.1 Å². The van der Waals surface area contributed by atoms with Crippen molar-refractivity contribution in [2.45, 2.75) is 51.9 Å². The zero-order valence-electron chi connectivity index (χ0n) is 12.8. The van der Waals surface area contributed by atoms with Gasteiger partial charge in [0.15, 0.2) is 0 Å². The summed E-state index contributed by atoms with van der Waals surface area (Å²) in [6.07, 6.45) is 0.585. The minimum absolute atomic E-state index is 0.186. The third kappa shape index (κ3) is 4.81. The van der Waals surface area contributed by atoms with E-state index in [0.717, 1.165) is 0 Å². The summed E-state index contributed by atoms with van der Waals surface area (Å²) in [5, 5.41) is 10.7. The Morgan fingerprint density at radius 1 is 1.35 bits per heavy atom. The maximum Gasteiger partial charge on any atom is 0.486 e. The first-order chi connectivity index (χ1) is 9.14. The van der Waals surface area contributed by atoms with Crippen molar-refractivity contribution in [3.05, 3.63) is 12.1 Å². The Labute approximate surface area is 120 Å². The van der Waals surface area contributed by atoms with Crippen LogP contribution in [0.5, 0.6) is 0 Å². The highest BCUT2D eigenvalue weighted by Crippen LogP contribution is 2.36. The molecule has 0 radical (unpaired) electrons. The molecule has 1 aliphatic heterocycles. The van der Waals surface area contributed by atoms with Crippen molar-refractivity contribution in [3.63, 3.8) is 0 Å². The molecule has 1 rings (SSSR count). The number of rotatable bonds is 6. The zero-order valence-corrected chi connectivity index (χ0v) is 12.8. The van der Waals surface area contributed by atoms with Crippen LogP contribution >= 0.6 is 0 Å². The molecule has 0 spiro atoms. The normalized spacial score (nSPS) is 22.1. The van der Waals surface area contributed by atoms with E-state index in [1.165, 1.54) is 0 Å². The van der Waals surface area contributed by atoms with Gasteiger partial charge in [-0.1, -0.05) is 12.1 Å². The van der Waals surface area contributed by atoms with E-state index in [1.54, 1.807) is 6.92 Å². The second kappa shape index (κ2) is 6.60. The Morgan fingerprint density at radius 3 is 2.40 bits per heavy atom. The van der Waals surface area contributed by atoms with Crippen molar-refractivity contribution in [1.29, 1.82) is 0 Å². The molecule has 0 aromatic heterocycles. The van der Waals surface area contributed by atoms with Crippen LogP contribution in [-0.4, -0.2) is 48.8 Å². The number of nitrogens with one attached hydrogen (secondary N) is 1. The number of hydrogen-bond donors (Lipinski definition) is 2. The van der Waals surface area contributed by atoms with E-state index in [0.29, 0.717) is 6.61 Å². The summed E-state index contributed by atoms with van der Waals surface area (Å²) in [7, 11) is -0.379. The van der Waals surface area contributed by atoms with Crippen molar-refractivity contribution in [1.82, 2.24) is 5.32 Å².